The molecule has 0 amide bonds. The highest BCUT2D eigenvalue weighted by atomic mass is 16.6. The van der Waals surface area contributed by atoms with Crippen LogP contribution in [0.3, 0.4) is 0 Å². The van der Waals surface area contributed by atoms with Crippen molar-refractivity contribution in [1.82, 2.24) is 0 Å². The minimum Gasteiger partial charge on any atom is -0.486 e. The second-order valence-electron chi connectivity index (χ2n) is 4.99. The average molecular weight is 265 g/mol. The van der Waals surface area contributed by atoms with Gasteiger partial charge in [-0.25, -0.2) is 0 Å². The van der Waals surface area contributed by atoms with Crippen LogP contribution in [0, 0.1) is 0 Å². The van der Waals surface area contributed by atoms with E-state index in [1.54, 1.807) is 0 Å². The lowest BCUT2D eigenvalue weighted by Crippen LogP contribution is -2.34. The predicted molar refractivity (Wildman–Crippen MR) is 70.5 cm³/mol. The molecule has 19 heavy (non-hydrogen) atoms. The van der Waals surface area contributed by atoms with Gasteiger partial charge in [0.15, 0.2) is 11.5 Å². The molecule has 0 bridgehead atoms. The lowest BCUT2D eigenvalue weighted by Gasteiger charge is -2.30. The first-order valence-corrected chi connectivity index (χ1v) is 6.40. The van der Waals surface area contributed by atoms with E-state index in [1.165, 1.54) is 0 Å². The zero-order chi connectivity index (χ0) is 13.9. The van der Waals surface area contributed by atoms with Crippen LogP contribution in [0.1, 0.15) is 31.7 Å². The second-order valence-corrected chi connectivity index (χ2v) is 4.99. The summed E-state index contributed by atoms with van der Waals surface area (Å²) in [5.41, 5.74) is 6.57. The van der Waals surface area contributed by atoms with Crippen LogP contribution in [0.5, 0.6) is 11.5 Å². The van der Waals surface area contributed by atoms with Crippen molar-refractivity contribution in [2.45, 2.75) is 31.7 Å². The van der Waals surface area contributed by atoms with Crippen LogP contribution in [0.2, 0.25) is 0 Å². The summed E-state index contributed by atoms with van der Waals surface area (Å²) < 4.78 is 11.2. The van der Waals surface area contributed by atoms with Gasteiger partial charge in [-0.3, -0.25) is 4.79 Å². The smallest absolute Gasteiger partial charge is 0.303 e. The molecule has 0 aromatic heterocycles. The van der Waals surface area contributed by atoms with Gasteiger partial charge in [0.05, 0.1) is 0 Å². The molecule has 2 rings (SSSR count). The third kappa shape index (κ3) is 3.17. The molecule has 1 atom stereocenters. The largest absolute Gasteiger partial charge is 0.486 e. The van der Waals surface area contributed by atoms with Crippen molar-refractivity contribution in [1.29, 1.82) is 0 Å². The topological polar surface area (TPSA) is 81.8 Å². The van der Waals surface area contributed by atoms with E-state index in [9.17, 15) is 4.79 Å². The number of hydrogen-bond acceptors (Lipinski definition) is 4. The Morgan fingerprint density at radius 3 is 2.89 bits per heavy atom. The van der Waals surface area contributed by atoms with Crippen LogP contribution in [0.4, 0.5) is 0 Å². The molecule has 0 saturated heterocycles. The van der Waals surface area contributed by atoms with Crippen molar-refractivity contribution in [3.63, 3.8) is 0 Å². The number of carbonyl (C=O) groups is 1. The number of ether oxygens (including phenoxy) is 2. The van der Waals surface area contributed by atoms with Gasteiger partial charge in [0.25, 0.3) is 0 Å². The number of carboxylic acids is 1. The monoisotopic (exact) mass is 265 g/mol. The summed E-state index contributed by atoms with van der Waals surface area (Å²) in [6.07, 6.45) is 1.24. The number of benzene rings is 1. The first-order valence-electron chi connectivity index (χ1n) is 6.40. The molecule has 1 heterocycles. The number of carboxylic acid groups (broad SMARTS) is 1. The van der Waals surface area contributed by atoms with Crippen molar-refractivity contribution in [2.24, 2.45) is 5.73 Å². The average Bonchev–Trinajstić information content (AvgIpc) is 2.37. The summed E-state index contributed by atoms with van der Waals surface area (Å²) in [7, 11) is 0. The number of aliphatic carboxylic acids is 1. The number of fused-ring (bicyclic) bond motifs is 1. The number of para-hydroxylation sites is 1. The number of rotatable bonds is 5. The Balaban J connectivity index is 2.17. The van der Waals surface area contributed by atoms with Gasteiger partial charge in [-0.05, 0) is 25.8 Å². The Morgan fingerprint density at radius 1 is 1.42 bits per heavy atom. The molecule has 1 aliphatic rings. The summed E-state index contributed by atoms with van der Waals surface area (Å²) in [5, 5.41) is 8.69. The van der Waals surface area contributed by atoms with Gasteiger partial charge in [0.2, 0.25) is 0 Å². The molecule has 1 aromatic carbocycles. The summed E-state index contributed by atoms with van der Waals surface area (Å²) in [5.74, 6) is 0.596. The molecule has 1 unspecified atom stereocenters. The first kappa shape index (κ1) is 13.7. The maximum atomic E-state index is 10.6. The van der Waals surface area contributed by atoms with Crippen LogP contribution in [0.15, 0.2) is 18.2 Å². The molecular formula is C14H19NO4. The molecule has 0 radical (unpaired) electrons. The van der Waals surface area contributed by atoms with Gasteiger partial charge in [0.1, 0.15) is 13.2 Å². The van der Waals surface area contributed by atoms with Crippen molar-refractivity contribution in [3.05, 3.63) is 23.8 Å². The highest BCUT2D eigenvalue weighted by Crippen LogP contribution is 2.39. The van der Waals surface area contributed by atoms with Crippen LogP contribution in [-0.2, 0) is 10.3 Å². The summed E-state index contributed by atoms with van der Waals surface area (Å²) >= 11 is 0. The minimum absolute atomic E-state index is 0.124. The Bertz CT molecular complexity index is 471. The zero-order valence-electron chi connectivity index (χ0n) is 11.0. The highest BCUT2D eigenvalue weighted by Gasteiger charge is 2.28. The molecule has 5 heteroatoms. The second kappa shape index (κ2) is 5.48. The van der Waals surface area contributed by atoms with Crippen LogP contribution >= 0.6 is 0 Å². The minimum atomic E-state index is -0.800. The fraction of sp³-hybridized carbons (Fsp3) is 0.500. The first-order chi connectivity index (χ1) is 9.00. The summed E-state index contributed by atoms with van der Waals surface area (Å²) in [4.78, 5) is 10.6. The van der Waals surface area contributed by atoms with Crippen LogP contribution < -0.4 is 15.2 Å². The van der Waals surface area contributed by atoms with E-state index < -0.39 is 11.5 Å². The molecule has 3 N–H and O–H groups in total. The normalized spacial score (nSPS) is 16.7. The Morgan fingerprint density at radius 2 is 2.16 bits per heavy atom. The lowest BCUT2D eigenvalue weighted by molar-refractivity contribution is -0.137. The Kier molecular flexibility index (Phi) is 3.95. The van der Waals surface area contributed by atoms with Crippen LogP contribution in [0.25, 0.3) is 0 Å². The van der Waals surface area contributed by atoms with Gasteiger partial charge >= 0.3 is 5.97 Å². The highest BCUT2D eigenvalue weighted by molar-refractivity contribution is 5.66. The quantitative estimate of drug-likeness (QED) is 0.849. The standard InChI is InChI=1S/C14H19NO4/c1-14(15,7-3-6-12(16)17)10-4-2-5-11-13(10)19-9-8-18-11/h2,4-5H,3,6-9,15H2,1H3,(H,16,17). The van der Waals surface area contributed by atoms with Crippen LogP contribution in [-0.4, -0.2) is 24.3 Å². The van der Waals surface area contributed by atoms with Gasteiger partial charge < -0.3 is 20.3 Å². The van der Waals surface area contributed by atoms with Gasteiger partial charge in [-0.1, -0.05) is 12.1 Å². The maximum absolute atomic E-state index is 10.6. The summed E-state index contributed by atoms with van der Waals surface area (Å²) in [6.45, 7) is 2.94. The van der Waals surface area contributed by atoms with E-state index in [0.717, 1.165) is 5.56 Å². The van der Waals surface area contributed by atoms with Gasteiger partial charge in [0, 0.05) is 17.5 Å². The number of nitrogens with two attached hydrogens (primary N) is 1. The Hall–Kier alpha value is -1.75. The molecule has 1 aromatic rings. The fourth-order valence-corrected chi connectivity index (χ4v) is 2.26. The molecule has 5 nitrogen and oxygen atoms in total. The van der Waals surface area contributed by atoms with E-state index in [4.69, 9.17) is 20.3 Å². The Labute approximate surface area is 112 Å². The van der Waals surface area contributed by atoms with E-state index in [1.807, 2.05) is 25.1 Å². The van der Waals surface area contributed by atoms with E-state index >= 15 is 0 Å². The van der Waals surface area contributed by atoms with Gasteiger partial charge in [-0.15, -0.1) is 0 Å². The van der Waals surface area contributed by atoms with E-state index in [2.05, 4.69) is 0 Å². The molecule has 0 aliphatic carbocycles. The van der Waals surface area contributed by atoms with Crippen molar-refractivity contribution in [3.8, 4) is 11.5 Å². The molecular weight excluding hydrogens is 246 g/mol. The SMILES string of the molecule is CC(N)(CCCC(=O)O)c1cccc2c1OCCO2. The molecule has 0 fully saturated rings. The van der Waals surface area contributed by atoms with Gasteiger partial charge in [-0.2, -0.15) is 0 Å². The molecule has 0 spiro atoms. The van der Waals surface area contributed by atoms with E-state index in [-0.39, 0.29) is 6.42 Å². The lowest BCUT2D eigenvalue weighted by atomic mass is 9.87. The molecule has 104 valence electrons. The zero-order valence-corrected chi connectivity index (χ0v) is 11.0. The van der Waals surface area contributed by atoms with Crippen molar-refractivity contribution < 1.29 is 19.4 Å². The maximum Gasteiger partial charge on any atom is 0.303 e. The third-order valence-corrected chi connectivity index (χ3v) is 3.27. The van der Waals surface area contributed by atoms with E-state index in [0.29, 0.717) is 37.6 Å². The molecule has 0 saturated carbocycles. The summed E-state index contributed by atoms with van der Waals surface area (Å²) in [6, 6.07) is 5.64. The predicted octanol–water partition coefficient (Wildman–Crippen LogP) is 1.89. The van der Waals surface area contributed by atoms with Crippen molar-refractivity contribution >= 4 is 5.97 Å². The fourth-order valence-electron chi connectivity index (χ4n) is 2.26. The third-order valence-electron chi connectivity index (χ3n) is 3.27. The number of hydrogen-bond donors (Lipinski definition) is 2. The molecule has 1 aliphatic heterocycles. The van der Waals surface area contributed by atoms with Crippen molar-refractivity contribution in [2.75, 3.05) is 13.2 Å².